The second kappa shape index (κ2) is 11.1. The Balaban J connectivity index is 1.52. The van der Waals surface area contributed by atoms with E-state index >= 15 is 0 Å². The predicted octanol–water partition coefficient (Wildman–Crippen LogP) is 4.52. The van der Waals surface area contributed by atoms with Gasteiger partial charge < -0.3 is 14.2 Å². The Kier molecular flexibility index (Phi) is 7.67. The van der Waals surface area contributed by atoms with Gasteiger partial charge in [0.1, 0.15) is 5.75 Å². The average Bonchev–Trinajstić information content (AvgIpc) is 3.35. The Morgan fingerprint density at radius 3 is 2.31 bits per heavy atom. The first-order valence-corrected chi connectivity index (χ1v) is 11.5. The normalized spacial score (nSPS) is 15.2. The van der Waals surface area contributed by atoms with Crippen molar-refractivity contribution in [1.29, 1.82) is 0 Å². The number of hydrazone groups is 1. The maximum absolute atomic E-state index is 13.5. The summed E-state index contributed by atoms with van der Waals surface area (Å²) >= 11 is 0. The lowest BCUT2D eigenvalue weighted by Gasteiger charge is -2.25. The SMILES string of the molecule is COc1ccc(C2CC(c3ccccc3)=NN2C(=O)CN(C)Cc2ccc(OC)c(OC)c2)cc1. The van der Waals surface area contributed by atoms with Crippen LogP contribution in [0.2, 0.25) is 0 Å². The quantitative estimate of drug-likeness (QED) is 0.457. The van der Waals surface area contributed by atoms with Gasteiger partial charge in [-0.05, 0) is 48.0 Å². The van der Waals surface area contributed by atoms with Gasteiger partial charge in [0.25, 0.3) is 5.91 Å². The highest BCUT2D eigenvalue weighted by Gasteiger charge is 2.33. The highest BCUT2D eigenvalue weighted by molar-refractivity contribution is 6.03. The summed E-state index contributed by atoms with van der Waals surface area (Å²) in [5, 5.41) is 6.41. The second-order valence-electron chi connectivity index (χ2n) is 8.51. The minimum Gasteiger partial charge on any atom is -0.497 e. The van der Waals surface area contributed by atoms with E-state index in [1.54, 1.807) is 26.3 Å². The Morgan fingerprint density at radius 1 is 0.943 bits per heavy atom. The molecule has 1 unspecified atom stereocenters. The van der Waals surface area contributed by atoms with Gasteiger partial charge in [0.2, 0.25) is 0 Å². The van der Waals surface area contributed by atoms with E-state index in [0.717, 1.165) is 28.2 Å². The zero-order chi connectivity index (χ0) is 24.8. The van der Waals surface area contributed by atoms with E-state index in [-0.39, 0.29) is 18.5 Å². The molecule has 0 radical (unpaired) electrons. The molecule has 1 aliphatic rings. The first kappa shape index (κ1) is 24.3. The number of methoxy groups -OCH3 is 3. The highest BCUT2D eigenvalue weighted by atomic mass is 16.5. The number of carbonyl (C=O) groups excluding carboxylic acids is 1. The number of hydrogen-bond donors (Lipinski definition) is 0. The molecule has 0 fully saturated rings. The summed E-state index contributed by atoms with van der Waals surface area (Å²) in [5.41, 5.74) is 3.98. The zero-order valence-corrected chi connectivity index (χ0v) is 20.6. The minimum atomic E-state index is -0.168. The average molecular weight is 474 g/mol. The monoisotopic (exact) mass is 473 g/mol. The van der Waals surface area contributed by atoms with Crippen LogP contribution in [0.3, 0.4) is 0 Å². The summed E-state index contributed by atoms with van der Waals surface area (Å²) in [5.74, 6) is 2.07. The van der Waals surface area contributed by atoms with Crippen molar-refractivity contribution in [3.05, 3.63) is 89.5 Å². The predicted molar refractivity (Wildman–Crippen MR) is 136 cm³/mol. The van der Waals surface area contributed by atoms with Crippen molar-refractivity contribution < 1.29 is 19.0 Å². The molecular weight excluding hydrogens is 442 g/mol. The van der Waals surface area contributed by atoms with Gasteiger partial charge in [0, 0.05) is 13.0 Å². The molecule has 1 atom stereocenters. The molecule has 3 aromatic carbocycles. The zero-order valence-electron chi connectivity index (χ0n) is 20.6. The van der Waals surface area contributed by atoms with Crippen molar-refractivity contribution >= 4 is 11.6 Å². The maximum Gasteiger partial charge on any atom is 0.257 e. The smallest absolute Gasteiger partial charge is 0.257 e. The van der Waals surface area contributed by atoms with Gasteiger partial charge >= 0.3 is 0 Å². The number of amides is 1. The lowest BCUT2D eigenvalue weighted by molar-refractivity contribution is -0.134. The number of likely N-dealkylation sites (N-methyl/N-ethyl adjacent to an activating group) is 1. The molecule has 7 heteroatoms. The second-order valence-corrected chi connectivity index (χ2v) is 8.51. The molecule has 1 aliphatic heterocycles. The van der Waals surface area contributed by atoms with Crippen LogP contribution in [0.1, 0.15) is 29.2 Å². The number of carbonyl (C=O) groups is 1. The first-order valence-electron chi connectivity index (χ1n) is 11.5. The molecule has 4 rings (SSSR count). The van der Waals surface area contributed by atoms with E-state index in [1.165, 1.54) is 0 Å². The van der Waals surface area contributed by atoms with Gasteiger partial charge in [0.15, 0.2) is 11.5 Å². The van der Waals surface area contributed by atoms with Gasteiger partial charge in [-0.2, -0.15) is 5.10 Å². The number of nitrogens with zero attached hydrogens (tertiary/aromatic N) is 3. The Bertz CT molecular complexity index is 1180. The molecule has 0 bridgehead atoms. The number of hydrogen-bond acceptors (Lipinski definition) is 6. The van der Waals surface area contributed by atoms with E-state index in [0.29, 0.717) is 24.5 Å². The van der Waals surface area contributed by atoms with Crippen LogP contribution in [-0.4, -0.2) is 56.4 Å². The van der Waals surface area contributed by atoms with Crippen LogP contribution in [0, 0.1) is 0 Å². The van der Waals surface area contributed by atoms with Crippen LogP contribution in [0.5, 0.6) is 17.2 Å². The van der Waals surface area contributed by atoms with Crippen molar-refractivity contribution in [3.8, 4) is 17.2 Å². The maximum atomic E-state index is 13.5. The molecule has 0 N–H and O–H groups in total. The molecule has 0 spiro atoms. The third-order valence-corrected chi connectivity index (χ3v) is 6.08. The summed E-state index contributed by atoms with van der Waals surface area (Å²) in [6.45, 7) is 0.814. The van der Waals surface area contributed by atoms with Crippen molar-refractivity contribution in [2.24, 2.45) is 5.10 Å². The number of ether oxygens (including phenoxy) is 3. The minimum absolute atomic E-state index is 0.0558. The molecule has 7 nitrogen and oxygen atoms in total. The van der Waals surface area contributed by atoms with E-state index in [9.17, 15) is 4.79 Å². The highest BCUT2D eigenvalue weighted by Crippen LogP contribution is 2.34. The van der Waals surface area contributed by atoms with Crippen molar-refractivity contribution in [2.45, 2.75) is 19.0 Å². The topological polar surface area (TPSA) is 63.6 Å². The number of benzene rings is 3. The Morgan fingerprint density at radius 2 is 1.66 bits per heavy atom. The molecule has 3 aromatic rings. The lowest BCUT2D eigenvalue weighted by atomic mass is 9.98. The van der Waals surface area contributed by atoms with Crippen molar-refractivity contribution in [2.75, 3.05) is 34.9 Å². The Hall–Kier alpha value is -3.84. The van der Waals surface area contributed by atoms with E-state index in [2.05, 4.69) is 0 Å². The van der Waals surface area contributed by atoms with Crippen LogP contribution < -0.4 is 14.2 Å². The lowest BCUT2D eigenvalue weighted by Crippen LogP contribution is -2.36. The van der Waals surface area contributed by atoms with E-state index < -0.39 is 0 Å². The van der Waals surface area contributed by atoms with Crippen LogP contribution in [0.4, 0.5) is 0 Å². The van der Waals surface area contributed by atoms with E-state index in [1.807, 2.05) is 84.7 Å². The molecule has 35 heavy (non-hydrogen) atoms. The fraction of sp³-hybridized carbons (Fsp3) is 0.286. The van der Waals surface area contributed by atoms with Gasteiger partial charge in [0.05, 0.1) is 39.6 Å². The summed E-state index contributed by atoms with van der Waals surface area (Å²) in [4.78, 5) is 15.4. The summed E-state index contributed by atoms with van der Waals surface area (Å²) in [6.07, 6.45) is 0.654. The summed E-state index contributed by atoms with van der Waals surface area (Å²) in [7, 11) is 6.80. The van der Waals surface area contributed by atoms with Crippen molar-refractivity contribution in [1.82, 2.24) is 9.91 Å². The van der Waals surface area contributed by atoms with Gasteiger partial charge in [-0.1, -0.05) is 48.5 Å². The first-order chi connectivity index (χ1) is 17.0. The van der Waals surface area contributed by atoms with Gasteiger partial charge in [-0.15, -0.1) is 0 Å². The summed E-state index contributed by atoms with van der Waals surface area (Å²) in [6, 6.07) is 23.5. The number of rotatable bonds is 9. The molecular formula is C28H31N3O4. The van der Waals surface area contributed by atoms with Crippen LogP contribution in [0.25, 0.3) is 0 Å². The van der Waals surface area contributed by atoms with Crippen molar-refractivity contribution in [3.63, 3.8) is 0 Å². The Labute approximate surface area is 206 Å². The molecule has 0 saturated carbocycles. The largest absolute Gasteiger partial charge is 0.497 e. The third-order valence-electron chi connectivity index (χ3n) is 6.08. The molecule has 1 heterocycles. The molecule has 0 saturated heterocycles. The van der Waals surface area contributed by atoms with E-state index in [4.69, 9.17) is 19.3 Å². The molecule has 1 amide bonds. The van der Waals surface area contributed by atoms with Crippen LogP contribution in [-0.2, 0) is 11.3 Å². The third kappa shape index (κ3) is 5.63. The fourth-order valence-electron chi connectivity index (χ4n) is 4.28. The van der Waals surface area contributed by atoms with Crippen LogP contribution >= 0.6 is 0 Å². The standard InChI is InChI=1S/C28H31N3O4/c1-30(18-20-10-15-26(34-3)27(16-20)35-4)19-28(32)31-25(22-11-13-23(33-2)14-12-22)17-24(29-31)21-8-6-5-7-9-21/h5-16,25H,17-19H2,1-4H3. The van der Waals surface area contributed by atoms with Crippen LogP contribution in [0.15, 0.2) is 77.9 Å². The molecule has 0 aromatic heterocycles. The van der Waals surface area contributed by atoms with Gasteiger partial charge in [-0.25, -0.2) is 5.01 Å². The van der Waals surface area contributed by atoms with Gasteiger partial charge in [-0.3, -0.25) is 9.69 Å². The molecule has 0 aliphatic carbocycles. The fourth-order valence-corrected chi connectivity index (χ4v) is 4.28. The summed E-state index contributed by atoms with van der Waals surface area (Å²) < 4.78 is 16.0. The molecule has 182 valence electrons.